The Bertz CT molecular complexity index is 1530. The van der Waals surface area contributed by atoms with Crippen LogP contribution >= 0.6 is 0 Å². The fourth-order valence-corrected chi connectivity index (χ4v) is 5.96. The van der Waals surface area contributed by atoms with Gasteiger partial charge in [-0.15, -0.1) is 0 Å². The van der Waals surface area contributed by atoms with Crippen LogP contribution in [0.4, 0.5) is 18.9 Å². The number of carbonyl (C=O) groups is 2. The van der Waals surface area contributed by atoms with Crippen molar-refractivity contribution in [2.45, 2.75) is 42.4 Å². The van der Waals surface area contributed by atoms with Crippen LogP contribution < -0.4 is 15.7 Å². The molecule has 3 aromatic rings. The molecule has 3 aromatic carbocycles. The number of sulfone groups is 1. The van der Waals surface area contributed by atoms with Gasteiger partial charge >= 0.3 is 6.18 Å². The molecule has 0 radical (unpaired) electrons. The highest BCUT2D eigenvalue weighted by Crippen LogP contribution is 2.37. The van der Waals surface area contributed by atoms with E-state index in [1.807, 2.05) is 0 Å². The molecule has 1 aliphatic rings. The van der Waals surface area contributed by atoms with Crippen LogP contribution in [0.1, 0.15) is 52.4 Å². The van der Waals surface area contributed by atoms with Crippen molar-refractivity contribution in [2.24, 2.45) is 0 Å². The Morgan fingerprint density at radius 1 is 1.02 bits per heavy atom. The van der Waals surface area contributed by atoms with Gasteiger partial charge in [-0.2, -0.15) is 13.2 Å². The topological polar surface area (TPSA) is 125 Å². The summed E-state index contributed by atoms with van der Waals surface area (Å²) in [6, 6.07) is 15.8. The summed E-state index contributed by atoms with van der Waals surface area (Å²) in [7, 11) is -2.09. The summed E-state index contributed by atoms with van der Waals surface area (Å²) in [6.07, 6.45) is -4.12. The zero-order chi connectivity index (χ0) is 31.4. The highest BCUT2D eigenvalue weighted by molar-refractivity contribution is 7.91. The van der Waals surface area contributed by atoms with Gasteiger partial charge in [0, 0.05) is 23.7 Å². The number of amides is 2. The maximum atomic E-state index is 13.0. The van der Waals surface area contributed by atoms with Crippen LogP contribution in [0.2, 0.25) is 0 Å². The largest absolute Gasteiger partial charge is 0.416 e. The number of alkyl halides is 3. The van der Waals surface area contributed by atoms with Gasteiger partial charge in [0.2, 0.25) is 0 Å². The molecule has 0 saturated carbocycles. The van der Waals surface area contributed by atoms with E-state index in [0.29, 0.717) is 29.8 Å². The van der Waals surface area contributed by atoms with E-state index in [2.05, 4.69) is 10.8 Å². The highest BCUT2D eigenvalue weighted by atomic mass is 32.2. The van der Waals surface area contributed by atoms with E-state index in [0.717, 1.165) is 12.1 Å². The summed E-state index contributed by atoms with van der Waals surface area (Å²) in [4.78, 5) is 32.6. The third kappa shape index (κ3) is 7.35. The molecule has 4 rings (SSSR count). The Labute approximate surface area is 247 Å². The van der Waals surface area contributed by atoms with E-state index in [1.165, 1.54) is 31.4 Å². The zero-order valence-corrected chi connectivity index (χ0v) is 24.3. The van der Waals surface area contributed by atoms with Gasteiger partial charge in [0.15, 0.2) is 9.84 Å². The van der Waals surface area contributed by atoms with Crippen LogP contribution in [0.15, 0.2) is 77.7 Å². The van der Waals surface area contributed by atoms with Crippen molar-refractivity contribution in [3.05, 3.63) is 95.1 Å². The maximum Gasteiger partial charge on any atom is 0.416 e. The summed E-state index contributed by atoms with van der Waals surface area (Å²) < 4.78 is 63.2. The van der Waals surface area contributed by atoms with Crippen molar-refractivity contribution in [3.8, 4) is 0 Å². The van der Waals surface area contributed by atoms with Gasteiger partial charge in [0.1, 0.15) is 6.04 Å². The number of nitrogens with one attached hydrogen (secondary N) is 2. The van der Waals surface area contributed by atoms with Crippen molar-refractivity contribution < 1.29 is 41.1 Å². The predicted molar refractivity (Wildman–Crippen MR) is 153 cm³/mol. The number of aliphatic hydroxyl groups excluding tert-OH is 1. The van der Waals surface area contributed by atoms with Gasteiger partial charge in [-0.3, -0.25) is 14.4 Å². The Balaban J connectivity index is 1.49. The minimum atomic E-state index is -4.45. The number of anilines is 1. The first-order valence-corrected chi connectivity index (χ1v) is 15.1. The fraction of sp³-hybridized carbons (Fsp3) is 0.333. The zero-order valence-electron chi connectivity index (χ0n) is 23.5. The molecule has 0 bridgehead atoms. The van der Waals surface area contributed by atoms with Gasteiger partial charge in [-0.25, -0.2) is 13.9 Å². The van der Waals surface area contributed by atoms with E-state index in [4.69, 9.17) is 4.84 Å². The Hall–Kier alpha value is -3.94. The molecule has 1 heterocycles. The van der Waals surface area contributed by atoms with Crippen LogP contribution in [-0.4, -0.2) is 57.4 Å². The molecule has 3 atom stereocenters. The fourth-order valence-electron chi connectivity index (χ4n) is 5.08. The highest BCUT2D eigenvalue weighted by Gasteiger charge is 2.38. The molecule has 230 valence electrons. The molecule has 13 heteroatoms. The molecule has 2 amide bonds. The van der Waals surface area contributed by atoms with Gasteiger partial charge in [0.05, 0.1) is 36.0 Å². The number of benzene rings is 3. The molecule has 1 aliphatic heterocycles. The molecule has 43 heavy (non-hydrogen) atoms. The lowest BCUT2D eigenvalue weighted by Gasteiger charge is -2.26. The van der Waals surface area contributed by atoms with Crippen LogP contribution in [0, 0.1) is 0 Å². The van der Waals surface area contributed by atoms with Gasteiger partial charge in [-0.1, -0.05) is 31.2 Å². The summed E-state index contributed by atoms with van der Waals surface area (Å²) in [5.74, 6) is -1.18. The number of hydrogen-bond donors (Lipinski definition) is 3. The number of carbonyl (C=O) groups excluding carboxylic acids is 2. The molecule has 0 aliphatic carbocycles. The average molecular weight is 620 g/mol. The average Bonchev–Trinajstić information content (AvgIpc) is 3.45. The van der Waals surface area contributed by atoms with Crippen molar-refractivity contribution >= 4 is 27.3 Å². The van der Waals surface area contributed by atoms with Gasteiger partial charge in [0.25, 0.3) is 11.8 Å². The van der Waals surface area contributed by atoms with Gasteiger partial charge in [-0.05, 0) is 66.1 Å². The molecular formula is C30H32F3N3O6S. The third-order valence-corrected chi connectivity index (χ3v) is 9.24. The summed E-state index contributed by atoms with van der Waals surface area (Å²) in [5.41, 5.74) is 3.67. The first-order chi connectivity index (χ1) is 20.4. The number of rotatable bonds is 10. The van der Waals surface area contributed by atoms with Crippen LogP contribution in [-0.2, 0) is 25.6 Å². The van der Waals surface area contributed by atoms with Crippen LogP contribution in [0.25, 0.3) is 0 Å². The summed E-state index contributed by atoms with van der Waals surface area (Å²) in [5, 5.41) is 12.6. The first-order valence-electron chi connectivity index (χ1n) is 13.5. The Morgan fingerprint density at radius 2 is 1.65 bits per heavy atom. The molecule has 1 fully saturated rings. The standard InChI is InChI=1S/C30H32F3N3O6S/c1-3-43(40,41)25-14-8-20(9-15-25)26(18-37)34-28(38)21-6-12-24(13-7-21)36-17-22(16-27(36)29(39)35-42-2)19-4-10-23(11-5-19)30(31,32)33/h4-15,22,26-27,37H,3,16-18H2,1-2H3,(H,34,38)(H,35,39)/t22?,26-,27-/m0/s1. The molecule has 0 aromatic heterocycles. The quantitative estimate of drug-likeness (QED) is 0.293. The van der Waals surface area contributed by atoms with E-state index >= 15 is 0 Å². The molecule has 0 spiro atoms. The van der Waals surface area contributed by atoms with Gasteiger partial charge < -0.3 is 15.3 Å². The second-order valence-electron chi connectivity index (χ2n) is 10.1. The Morgan fingerprint density at radius 3 is 2.19 bits per heavy atom. The van der Waals surface area contributed by atoms with Crippen LogP contribution in [0.3, 0.4) is 0 Å². The number of aliphatic hydroxyl groups is 1. The number of halogens is 3. The summed E-state index contributed by atoms with van der Waals surface area (Å²) >= 11 is 0. The molecule has 9 nitrogen and oxygen atoms in total. The maximum absolute atomic E-state index is 13.0. The number of hydroxylamine groups is 1. The van der Waals surface area contributed by atoms with E-state index < -0.39 is 52.1 Å². The molecule has 1 unspecified atom stereocenters. The van der Waals surface area contributed by atoms with Crippen molar-refractivity contribution in [1.82, 2.24) is 10.8 Å². The SMILES string of the molecule is CCS(=O)(=O)c1ccc([C@H](CO)NC(=O)c2ccc(N3CC(c4ccc(C(F)(F)F)cc4)C[C@H]3C(=O)NOC)cc2)cc1. The second kappa shape index (κ2) is 13.1. The number of nitrogens with zero attached hydrogens (tertiary/aromatic N) is 1. The van der Waals surface area contributed by atoms with E-state index in [-0.39, 0.29) is 22.1 Å². The molecule has 3 N–H and O–H groups in total. The van der Waals surface area contributed by atoms with Crippen molar-refractivity contribution in [3.63, 3.8) is 0 Å². The lowest BCUT2D eigenvalue weighted by molar-refractivity contribution is -0.137. The normalized spacial score (nSPS) is 17.9. The Kier molecular flexibility index (Phi) is 9.78. The molecular weight excluding hydrogens is 587 g/mol. The lowest BCUT2D eigenvalue weighted by atomic mass is 9.95. The minimum absolute atomic E-state index is 0.0482. The summed E-state index contributed by atoms with van der Waals surface area (Å²) in [6.45, 7) is 1.47. The first kappa shape index (κ1) is 32.0. The smallest absolute Gasteiger partial charge is 0.394 e. The van der Waals surface area contributed by atoms with E-state index in [9.17, 15) is 36.3 Å². The third-order valence-electron chi connectivity index (χ3n) is 7.49. The second-order valence-corrected chi connectivity index (χ2v) is 12.4. The van der Waals surface area contributed by atoms with Crippen molar-refractivity contribution in [1.29, 1.82) is 0 Å². The van der Waals surface area contributed by atoms with Crippen molar-refractivity contribution in [2.75, 3.05) is 30.9 Å². The van der Waals surface area contributed by atoms with Crippen LogP contribution in [0.5, 0.6) is 0 Å². The lowest BCUT2D eigenvalue weighted by Crippen LogP contribution is -2.43. The number of hydrogen-bond acceptors (Lipinski definition) is 7. The molecule has 1 saturated heterocycles. The van der Waals surface area contributed by atoms with E-state index in [1.54, 1.807) is 48.2 Å². The predicted octanol–water partition coefficient (Wildman–Crippen LogP) is 4.00. The monoisotopic (exact) mass is 619 g/mol. The minimum Gasteiger partial charge on any atom is -0.394 e.